The Morgan fingerprint density at radius 3 is 2.62 bits per heavy atom. The topological polar surface area (TPSA) is 67.4 Å². The number of hydrogen-bond acceptors (Lipinski definition) is 4. The van der Waals surface area contributed by atoms with Gasteiger partial charge in [-0.15, -0.1) is 11.8 Å². The van der Waals surface area contributed by atoms with Crippen LogP contribution in [0.4, 0.5) is 4.79 Å². The third-order valence-electron chi connectivity index (χ3n) is 4.56. The SMILES string of the molecule is COC(=O)C1=C(CSc2cc(Cl)ccc2Cl)NC(=O)N[C@H]1c1ccc(C)cc1C. The molecule has 1 aliphatic heterocycles. The van der Waals surface area contributed by atoms with Gasteiger partial charge in [0.25, 0.3) is 0 Å². The molecule has 0 aliphatic carbocycles. The zero-order valence-electron chi connectivity index (χ0n) is 16.1. The summed E-state index contributed by atoms with van der Waals surface area (Å²) in [6.45, 7) is 3.94. The van der Waals surface area contributed by atoms with Crippen molar-refractivity contribution in [3.05, 3.63) is 74.4 Å². The fourth-order valence-electron chi connectivity index (χ4n) is 3.20. The monoisotopic (exact) mass is 450 g/mol. The number of benzene rings is 2. The second-order valence-corrected chi connectivity index (χ2v) is 8.50. The average molecular weight is 451 g/mol. The van der Waals surface area contributed by atoms with E-state index in [4.69, 9.17) is 27.9 Å². The molecule has 152 valence electrons. The van der Waals surface area contributed by atoms with Crippen LogP contribution in [0.25, 0.3) is 0 Å². The van der Waals surface area contributed by atoms with Gasteiger partial charge in [0, 0.05) is 21.4 Å². The Kier molecular flexibility index (Phi) is 6.77. The second kappa shape index (κ2) is 9.11. The average Bonchev–Trinajstić information content (AvgIpc) is 2.67. The Labute approximate surface area is 183 Å². The highest BCUT2D eigenvalue weighted by atomic mass is 35.5. The van der Waals surface area contributed by atoms with E-state index in [-0.39, 0.29) is 6.03 Å². The van der Waals surface area contributed by atoms with Crippen molar-refractivity contribution < 1.29 is 14.3 Å². The van der Waals surface area contributed by atoms with Crippen LogP contribution in [-0.2, 0) is 9.53 Å². The minimum absolute atomic E-state index is 0.319. The van der Waals surface area contributed by atoms with Crippen LogP contribution in [0.1, 0.15) is 22.7 Å². The molecule has 2 aromatic rings. The van der Waals surface area contributed by atoms with E-state index in [9.17, 15) is 9.59 Å². The fraction of sp³-hybridized carbons (Fsp3) is 0.238. The molecule has 2 N–H and O–H groups in total. The highest BCUT2D eigenvalue weighted by Gasteiger charge is 2.34. The van der Waals surface area contributed by atoms with Gasteiger partial charge in [0.05, 0.1) is 23.7 Å². The van der Waals surface area contributed by atoms with Gasteiger partial charge in [0.2, 0.25) is 0 Å². The van der Waals surface area contributed by atoms with Gasteiger partial charge < -0.3 is 15.4 Å². The lowest BCUT2D eigenvalue weighted by atomic mass is 9.91. The number of amides is 2. The summed E-state index contributed by atoms with van der Waals surface area (Å²) >= 11 is 13.7. The lowest BCUT2D eigenvalue weighted by Gasteiger charge is -2.30. The third-order valence-corrected chi connectivity index (χ3v) is 6.32. The van der Waals surface area contributed by atoms with Gasteiger partial charge in [0.1, 0.15) is 0 Å². The van der Waals surface area contributed by atoms with Crippen LogP contribution < -0.4 is 10.6 Å². The molecule has 0 fully saturated rings. The Morgan fingerprint density at radius 1 is 1.17 bits per heavy atom. The highest BCUT2D eigenvalue weighted by molar-refractivity contribution is 7.99. The number of rotatable bonds is 5. The van der Waals surface area contributed by atoms with E-state index in [0.717, 1.165) is 21.6 Å². The predicted octanol–water partition coefficient (Wildman–Crippen LogP) is 5.18. The smallest absolute Gasteiger partial charge is 0.338 e. The van der Waals surface area contributed by atoms with Gasteiger partial charge in [-0.05, 0) is 43.2 Å². The minimum Gasteiger partial charge on any atom is -0.466 e. The first-order valence-electron chi connectivity index (χ1n) is 8.84. The number of esters is 1. The number of hydrogen-bond donors (Lipinski definition) is 2. The largest absolute Gasteiger partial charge is 0.466 e. The van der Waals surface area contributed by atoms with Crippen LogP contribution in [0.3, 0.4) is 0 Å². The molecule has 2 amide bonds. The van der Waals surface area contributed by atoms with Gasteiger partial charge in [-0.1, -0.05) is 47.0 Å². The van der Waals surface area contributed by atoms with Crippen LogP contribution >= 0.6 is 35.0 Å². The first-order chi connectivity index (χ1) is 13.8. The molecule has 0 saturated heterocycles. The lowest BCUT2D eigenvalue weighted by molar-refractivity contribution is -0.136. The maximum absolute atomic E-state index is 12.7. The van der Waals surface area contributed by atoms with Gasteiger partial charge in [0.15, 0.2) is 0 Å². The molecule has 3 rings (SSSR count). The normalized spacial score (nSPS) is 16.3. The van der Waals surface area contributed by atoms with Crippen molar-refractivity contribution in [3.63, 3.8) is 0 Å². The van der Waals surface area contributed by atoms with Crippen LogP contribution in [0.15, 0.2) is 52.6 Å². The number of carbonyl (C=O) groups is 2. The zero-order chi connectivity index (χ0) is 21.1. The Bertz CT molecular complexity index is 1010. The van der Waals surface area contributed by atoms with Gasteiger partial charge in [-0.3, -0.25) is 0 Å². The van der Waals surface area contributed by atoms with E-state index in [1.807, 2.05) is 32.0 Å². The van der Waals surface area contributed by atoms with E-state index in [1.165, 1.54) is 18.9 Å². The Morgan fingerprint density at radius 2 is 1.93 bits per heavy atom. The number of aryl methyl sites for hydroxylation is 2. The summed E-state index contributed by atoms with van der Waals surface area (Å²) < 4.78 is 5.02. The van der Waals surface area contributed by atoms with E-state index in [0.29, 0.717) is 27.1 Å². The van der Waals surface area contributed by atoms with Crippen molar-refractivity contribution in [2.24, 2.45) is 0 Å². The number of carbonyl (C=O) groups excluding carboxylic acids is 2. The van der Waals surface area contributed by atoms with Crippen molar-refractivity contribution in [1.82, 2.24) is 10.6 Å². The minimum atomic E-state index is -0.609. The maximum atomic E-state index is 12.7. The molecule has 0 bridgehead atoms. The van der Waals surface area contributed by atoms with Gasteiger partial charge >= 0.3 is 12.0 Å². The highest BCUT2D eigenvalue weighted by Crippen LogP contribution is 2.35. The number of urea groups is 1. The van der Waals surface area contributed by atoms with Crippen LogP contribution in [0.2, 0.25) is 10.0 Å². The van der Waals surface area contributed by atoms with E-state index in [1.54, 1.807) is 18.2 Å². The molecule has 0 spiro atoms. The van der Waals surface area contributed by atoms with Crippen molar-refractivity contribution in [2.45, 2.75) is 24.8 Å². The molecule has 29 heavy (non-hydrogen) atoms. The second-order valence-electron chi connectivity index (χ2n) is 6.64. The van der Waals surface area contributed by atoms with Crippen LogP contribution in [0.5, 0.6) is 0 Å². The van der Waals surface area contributed by atoms with Crippen molar-refractivity contribution in [2.75, 3.05) is 12.9 Å². The summed E-state index contributed by atoms with van der Waals surface area (Å²) in [4.78, 5) is 25.8. The number of ether oxygens (including phenoxy) is 1. The lowest BCUT2D eigenvalue weighted by Crippen LogP contribution is -2.46. The predicted molar refractivity (Wildman–Crippen MR) is 117 cm³/mol. The number of thioether (sulfide) groups is 1. The van der Waals surface area contributed by atoms with E-state index in [2.05, 4.69) is 10.6 Å². The molecule has 8 heteroatoms. The Balaban J connectivity index is 2.01. The van der Waals surface area contributed by atoms with E-state index < -0.39 is 12.0 Å². The maximum Gasteiger partial charge on any atom is 0.338 e. The van der Waals surface area contributed by atoms with Crippen LogP contribution in [-0.4, -0.2) is 24.9 Å². The summed E-state index contributed by atoms with van der Waals surface area (Å²) in [5, 5.41) is 6.69. The summed E-state index contributed by atoms with van der Waals surface area (Å²) in [7, 11) is 1.32. The Hall–Kier alpha value is -2.15. The summed E-state index contributed by atoms with van der Waals surface area (Å²) in [5.74, 6) is -0.186. The number of nitrogens with one attached hydrogen (secondary N) is 2. The first kappa shape index (κ1) is 21.6. The summed E-state index contributed by atoms with van der Waals surface area (Å²) in [5.41, 5.74) is 3.76. The molecule has 5 nitrogen and oxygen atoms in total. The van der Waals surface area contributed by atoms with Crippen molar-refractivity contribution in [3.8, 4) is 0 Å². The molecule has 1 aliphatic rings. The zero-order valence-corrected chi connectivity index (χ0v) is 18.5. The molecule has 2 aromatic carbocycles. The summed E-state index contributed by atoms with van der Waals surface area (Å²) in [6, 6.07) is 10.1. The molecule has 0 aromatic heterocycles. The quantitative estimate of drug-likeness (QED) is 0.486. The fourth-order valence-corrected chi connectivity index (χ4v) is 4.67. The van der Waals surface area contributed by atoms with Gasteiger partial charge in [-0.25, -0.2) is 9.59 Å². The molecule has 0 saturated carbocycles. The summed E-state index contributed by atoms with van der Waals surface area (Å²) in [6.07, 6.45) is 0. The molecule has 1 atom stereocenters. The molecular weight excluding hydrogens is 431 g/mol. The number of halogens is 2. The third kappa shape index (κ3) is 4.89. The molecule has 0 radical (unpaired) electrons. The van der Waals surface area contributed by atoms with Crippen LogP contribution in [0, 0.1) is 13.8 Å². The molecule has 1 heterocycles. The molecular formula is C21H20Cl2N2O3S. The standard InChI is InChI=1S/C21H20Cl2N2O3S/c1-11-4-6-14(12(2)8-11)19-18(20(26)28-3)16(24-21(27)25-19)10-29-17-9-13(22)5-7-15(17)23/h4-9,19H,10H2,1-3H3,(H2,24,25,27)/t19-/m0/s1. The van der Waals surface area contributed by atoms with Crippen molar-refractivity contribution in [1.29, 1.82) is 0 Å². The molecule has 0 unspecified atom stereocenters. The number of methoxy groups -OCH3 is 1. The van der Waals surface area contributed by atoms with Gasteiger partial charge in [-0.2, -0.15) is 0 Å². The van der Waals surface area contributed by atoms with Crippen molar-refractivity contribution >= 4 is 47.0 Å². The van der Waals surface area contributed by atoms with E-state index >= 15 is 0 Å². The first-order valence-corrected chi connectivity index (χ1v) is 10.6.